The first-order valence-corrected chi connectivity index (χ1v) is 6.08. The van der Waals surface area contributed by atoms with Gasteiger partial charge in [0.2, 0.25) is 0 Å². The first-order chi connectivity index (χ1) is 7.54. The Morgan fingerprint density at radius 3 is 2.00 bits per heavy atom. The van der Waals surface area contributed by atoms with E-state index in [9.17, 15) is 18.3 Å². The average molecular weight is 253 g/mol. The Morgan fingerprint density at radius 2 is 1.65 bits per heavy atom. The van der Waals surface area contributed by atoms with Gasteiger partial charge in [0.1, 0.15) is 0 Å². The predicted molar refractivity (Wildman–Crippen MR) is 60.7 cm³/mol. The Hall–Kier alpha value is -0.290. The SMILES string of the molecule is CC(C)(C)NC[C@H]1CC[C@@](O)(C(F)(F)F)CC1. The third-order valence-corrected chi connectivity index (χ3v) is 3.38. The summed E-state index contributed by atoms with van der Waals surface area (Å²) in [4.78, 5) is 0. The highest BCUT2D eigenvalue weighted by atomic mass is 19.4. The molecule has 0 aromatic heterocycles. The van der Waals surface area contributed by atoms with Crippen LogP contribution in [0, 0.1) is 5.92 Å². The highest BCUT2D eigenvalue weighted by Gasteiger charge is 2.54. The van der Waals surface area contributed by atoms with Gasteiger partial charge in [-0.1, -0.05) is 0 Å². The maximum Gasteiger partial charge on any atom is 0.417 e. The van der Waals surface area contributed by atoms with Gasteiger partial charge in [-0.15, -0.1) is 0 Å². The third-order valence-electron chi connectivity index (χ3n) is 3.38. The molecule has 0 saturated heterocycles. The fraction of sp³-hybridized carbons (Fsp3) is 1.00. The average Bonchev–Trinajstić information content (AvgIpc) is 2.14. The molecule has 0 aliphatic heterocycles. The molecule has 2 nitrogen and oxygen atoms in total. The Morgan fingerprint density at radius 1 is 1.18 bits per heavy atom. The summed E-state index contributed by atoms with van der Waals surface area (Å²) in [6, 6.07) is 0. The first kappa shape index (κ1) is 14.8. The minimum absolute atomic E-state index is 0.0161. The molecule has 102 valence electrons. The molecule has 0 radical (unpaired) electrons. The predicted octanol–water partition coefficient (Wildman–Crippen LogP) is 2.86. The molecule has 0 amide bonds. The zero-order valence-electron chi connectivity index (χ0n) is 10.7. The molecule has 5 heteroatoms. The minimum Gasteiger partial charge on any atom is -0.380 e. The lowest BCUT2D eigenvalue weighted by Gasteiger charge is -2.38. The van der Waals surface area contributed by atoms with Crippen molar-refractivity contribution in [3.8, 4) is 0 Å². The standard InChI is InChI=1S/C12H22F3NO/c1-10(2,3)16-8-9-4-6-11(17,7-5-9)12(13,14)15/h9,16-17H,4-8H2,1-3H3/t9-,11-. The smallest absolute Gasteiger partial charge is 0.380 e. The second kappa shape index (κ2) is 4.76. The number of aliphatic hydroxyl groups is 1. The fourth-order valence-corrected chi connectivity index (χ4v) is 2.09. The normalized spacial score (nSPS) is 31.6. The molecule has 0 atom stereocenters. The summed E-state index contributed by atoms with van der Waals surface area (Å²) in [6.07, 6.45) is -3.98. The molecular formula is C12H22F3NO. The summed E-state index contributed by atoms with van der Waals surface area (Å²) in [5.41, 5.74) is -2.47. The van der Waals surface area contributed by atoms with Crippen molar-refractivity contribution in [2.75, 3.05) is 6.54 Å². The van der Waals surface area contributed by atoms with Crippen molar-refractivity contribution in [1.29, 1.82) is 0 Å². The molecule has 0 bridgehead atoms. The molecule has 0 spiro atoms. The molecular weight excluding hydrogens is 231 g/mol. The van der Waals surface area contributed by atoms with Gasteiger partial charge >= 0.3 is 6.18 Å². The number of hydrogen-bond acceptors (Lipinski definition) is 2. The zero-order chi connectivity index (χ0) is 13.3. The Labute approximate surface area is 101 Å². The van der Waals surface area contributed by atoms with Crippen LogP contribution in [0.1, 0.15) is 46.5 Å². The van der Waals surface area contributed by atoms with Crippen molar-refractivity contribution >= 4 is 0 Å². The van der Waals surface area contributed by atoms with E-state index in [0.29, 0.717) is 12.8 Å². The van der Waals surface area contributed by atoms with Gasteiger partial charge in [-0.05, 0) is 58.9 Å². The van der Waals surface area contributed by atoms with Crippen molar-refractivity contribution in [3.63, 3.8) is 0 Å². The van der Waals surface area contributed by atoms with Crippen LogP contribution in [0.15, 0.2) is 0 Å². The molecule has 0 aromatic carbocycles. The quantitative estimate of drug-likeness (QED) is 0.793. The Balaban J connectivity index is 2.41. The number of alkyl halides is 3. The molecule has 2 N–H and O–H groups in total. The summed E-state index contributed by atoms with van der Waals surface area (Å²) >= 11 is 0. The van der Waals surface area contributed by atoms with Gasteiger partial charge in [0.05, 0.1) is 0 Å². The van der Waals surface area contributed by atoms with Gasteiger partial charge in [-0.2, -0.15) is 13.2 Å². The summed E-state index contributed by atoms with van der Waals surface area (Å²) in [5, 5.41) is 12.8. The Kier molecular flexibility index (Phi) is 4.14. The monoisotopic (exact) mass is 253 g/mol. The van der Waals surface area contributed by atoms with Crippen LogP contribution < -0.4 is 5.32 Å². The highest BCUT2D eigenvalue weighted by molar-refractivity contribution is 4.92. The summed E-state index contributed by atoms with van der Waals surface area (Å²) in [7, 11) is 0. The third kappa shape index (κ3) is 4.14. The van der Waals surface area contributed by atoms with Crippen molar-refractivity contribution in [2.45, 2.75) is 63.8 Å². The maximum absolute atomic E-state index is 12.6. The van der Waals surface area contributed by atoms with Crippen LogP contribution in [0.5, 0.6) is 0 Å². The number of nitrogens with one attached hydrogen (secondary N) is 1. The topological polar surface area (TPSA) is 32.3 Å². The van der Waals surface area contributed by atoms with Crippen LogP contribution in [0.2, 0.25) is 0 Å². The van der Waals surface area contributed by atoms with Crippen LogP contribution >= 0.6 is 0 Å². The molecule has 1 rings (SSSR count). The van der Waals surface area contributed by atoms with Crippen LogP contribution in [0.25, 0.3) is 0 Å². The zero-order valence-corrected chi connectivity index (χ0v) is 10.7. The Bertz CT molecular complexity index is 249. The van der Waals surface area contributed by atoms with Crippen LogP contribution in [-0.2, 0) is 0 Å². The van der Waals surface area contributed by atoms with Crippen LogP contribution in [0.3, 0.4) is 0 Å². The van der Waals surface area contributed by atoms with Crippen molar-refractivity contribution in [2.24, 2.45) is 5.92 Å². The largest absolute Gasteiger partial charge is 0.417 e. The van der Waals surface area contributed by atoms with Gasteiger partial charge in [0.25, 0.3) is 0 Å². The molecule has 0 aromatic rings. The molecule has 1 aliphatic carbocycles. The highest BCUT2D eigenvalue weighted by Crippen LogP contribution is 2.42. The second-order valence-corrected chi connectivity index (χ2v) is 6.10. The number of halogens is 3. The number of hydrogen-bond donors (Lipinski definition) is 2. The van der Waals surface area contributed by atoms with Crippen molar-refractivity contribution in [1.82, 2.24) is 5.32 Å². The van der Waals surface area contributed by atoms with E-state index in [-0.39, 0.29) is 24.3 Å². The van der Waals surface area contributed by atoms with E-state index in [1.807, 2.05) is 20.8 Å². The van der Waals surface area contributed by atoms with E-state index in [0.717, 1.165) is 6.54 Å². The molecule has 0 unspecified atom stereocenters. The van der Waals surface area contributed by atoms with Gasteiger partial charge in [0.15, 0.2) is 5.60 Å². The lowest BCUT2D eigenvalue weighted by molar-refractivity contribution is -0.271. The number of rotatable bonds is 2. The van der Waals surface area contributed by atoms with Crippen molar-refractivity contribution in [3.05, 3.63) is 0 Å². The lowest BCUT2D eigenvalue weighted by Crippen LogP contribution is -2.49. The van der Waals surface area contributed by atoms with Gasteiger partial charge < -0.3 is 10.4 Å². The van der Waals surface area contributed by atoms with Gasteiger partial charge in [-0.25, -0.2) is 0 Å². The van der Waals surface area contributed by atoms with E-state index < -0.39 is 11.8 Å². The minimum atomic E-state index is -4.49. The van der Waals surface area contributed by atoms with Crippen molar-refractivity contribution < 1.29 is 18.3 Å². The van der Waals surface area contributed by atoms with E-state index in [2.05, 4.69) is 5.32 Å². The summed E-state index contributed by atoms with van der Waals surface area (Å²) in [6.45, 7) is 6.81. The van der Waals surface area contributed by atoms with Crippen LogP contribution in [-0.4, -0.2) is 29.0 Å². The lowest BCUT2D eigenvalue weighted by atomic mass is 9.78. The maximum atomic E-state index is 12.6. The summed E-state index contributed by atoms with van der Waals surface area (Å²) < 4.78 is 37.7. The first-order valence-electron chi connectivity index (χ1n) is 6.08. The summed E-state index contributed by atoms with van der Waals surface area (Å²) in [5.74, 6) is 0.233. The fourth-order valence-electron chi connectivity index (χ4n) is 2.09. The van der Waals surface area contributed by atoms with Crippen LogP contribution in [0.4, 0.5) is 13.2 Å². The molecule has 1 fully saturated rings. The molecule has 17 heavy (non-hydrogen) atoms. The van der Waals surface area contributed by atoms with Gasteiger partial charge in [-0.3, -0.25) is 0 Å². The van der Waals surface area contributed by atoms with E-state index in [1.54, 1.807) is 0 Å². The van der Waals surface area contributed by atoms with E-state index >= 15 is 0 Å². The molecule has 1 aliphatic rings. The molecule has 1 saturated carbocycles. The molecule has 0 heterocycles. The van der Waals surface area contributed by atoms with E-state index in [1.165, 1.54) is 0 Å². The second-order valence-electron chi connectivity index (χ2n) is 6.10. The van der Waals surface area contributed by atoms with E-state index in [4.69, 9.17) is 0 Å². The van der Waals surface area contributed by atoms with Gasteiger partial charge in [0, 0.05) is 5.54 Å².